The van der Waals surface area contributed by atoms with Crippen molar-refractivity contribution in [3.63, 3.8) is 0 Å². The van der Waals surface area contributed by atoms with Gasteiger partial charge in [0.1, 0.15) is 0 Å². The molecule has 0 amide bonds. The van der Waals surface area contributed by atoms with Crippen molar-refractivity contribution in [1.82, 2.24) is 10.2 Å². The van der Waals surface area contributed by atoms with Gasteiger partial charge in [0.25, 0.3) is 0 Å². The van der Waals surface area contributed by atoms with Crippen LogP contribution in [0.4, 0.5) is 0 Å². The molecule has 2 atom stereocenters. The third kappa shape index (κ3) is 3.25. The molecule has 2 nitrogen and oxygen atoms in total. The molecule has 0 unspecified atom stereocenters. The molecule has 1 heterocycles. The van der Waals surface area contributed by atoms with Crippen molar-refractivity contribution < 1.29 is 0 Å². The number of hydrogen-bond donors (Lipinski definition) is 1. The first-order valence-electron chi connectivity index (χ1n) is 6.12. The molecule has 1 aliphatic rings. The SMILES string of the molecule is CCN1CCC[C@@H]1CN[C@@H](C)C(C)C. The summed E-state index contributed by atoms with van der Waals surface area (Å²) >= 11 is 0. The summed E-state index contributed by atoms with van der Waals surface area (Å²) in [6, 6.07) is 1.44. The van der Waals surface area contributed by atoms with Gasteiger partial charge in [0.2, 0.25) is 0 Å². The monoisotopic (exact) mass is 198 g/mol. The Labute approximate surface area is 89.1 Å². The normalized spacial score (nSPS) is 25.9. The molecule has 0 saturated carbocycles. The summed E-state index contributed by atoms with van der Waals surface area (Å²) in [5.74, 6) is 0.742. The number of nitrogens with one attached hydrogen (secondary N) is 1. The summed E-state index contributed by atoms with van der Waals surface area (Å²) in [6.07, 6.45) is 2.77. The van der Waals surface area contributed by atoms with E-state index >= 15 is 0 Å². The maximum atomic E-state index is 3.65. The molecule has 14 heavy (non-hydrogen) atoms. The minimum atomic E-state index is 0.648. The molecule has 0 radical (unpaired) electrons. The fraction of sp³-hybridized carbons (Fsp3) is 1.00. The molecule has 84 valence electrons. The van der Waals surface area contributed by atoms with Crippen LogP contribution in [-0.4, -0.2) is 36.6 Å². The summed E-state index contributed by atoms with van der Waals surface area (Å²) < 4.78 is 0. The van der Waals surface area contributed by atoms with Crippen LogP contribution in [0.2, 0.25) is 0 Å². The van der Waals surface area contributed by atoms with E-state index in [1.807, 2.05) is 0 Å². The minimum absolute atomic E-state index is 0.648. The Morgan fingerprint density at radius 1 is 1.36 bits per heavy atom. The summed E-state index contributed by atoms with van der Waals surface area (Å²) in [6.45, 7) is 12.8. The molecular weight excluding hydrogens is 172 g/mol. The highest BCUT2D eigenvalue weighted by molar-refractivity contribution is 4.81. The first kappa shape index (κ1) is 12.0. The first-order valence-corrected chi connectivity index (χ1v) is 6.12. The Morgan fingerprint density at radius 2 is 2.07 bits per heavy atom. The van der Waals surface area contributed by atoms with Gasteiger partial charge >= 0.3 is 0 Å². The lowest BCUT2D eigenvalue weighted by atomic mass is 10.1. The van der Waals surface area contributed by atoms with Gasteiger partial charge < -0.3 is 5.32 Å². The molecule has 1 rings (SSSR count). The van der Waals surface area contributed by atoms with E-state index in [-0.39, 0.29) is 0 Å². The molecule has 0 aromatic rings. The van der Waals surface area contributed by atoms with E-state index in [1.165, 1.54) is 32.5 Å². The lowest BCUT2D eigenvalue weighted by Crippen LogP contribution is -2.42. The van der Waals surface area contributed by atoms with Gasteiger partial charge in [-0.3, -0.25) is 4.90 Å². The highest BCUT2D eigenvalue weighted by Crippen LogP contribution is 2.16. The van der Waals surface area contributed by atoms with E-state index < -0.39 is 0 Å². The lowest BCUT2D eigenvalue weighted by molar-refractivity contribution is 0.249. The third-order valence-electron chi connectivity index (χ3n) is 3.58. The number of nitrogens with zero attached hydrogens (tertiary/aromatic N) is 1. The number of rotatable bonds is 5. The molecule has 0 aliphatic carbocycles. The molecule has 0 bridgehead atoms. The van der Waals surface area contributed by atoms with Crippen LogP contribution in [0.15, 0.2) is 0 Å². The van der Waals surface area contributed by atoms with Crippen molar-refractivity contribution in [2.75, 3.05) is 19.6 Å². The zero-order valence-electron chi connectivity index (χ0n) is 10.2. The highest BCUT2D eigenvalue weighted by atomic mass is 15.2. The van der Waals surface area contributed by atoms with Crippen LogP contribution in [-0.2, 0) is 0 Å². The molecule has 1 aliphatic heterocycles. The Kier molecular flexibility index (Phi) is 4.90. The highest BCUT2D eigenvalue weighted by Gasteiger charge is 2.23. The number of hydrogen-bond acceptors (Lipinski definition) is 2. The van der Waals surface area contributed by atoms with Crippen molar-refractivity contribution in [2.45, 2.75) is 52.6 Å². The van der Waals surface area contributed by atoms with Crippen LogP contribution in [0, 0.1) is 5.92 Å². The van der Waals surface area contributed by atoms with Crippen LogP contribution in [0.5, 0.6) is 0 Å². The topological polar surface area (TPSA) is 15.3 Å². The molecule has 2 heteroatoms. The fourth-order valence-electron chi connectivity index (χ4n) is 2.10. The minimum Gasteiger partial charge on any atom is -0.312 e. The quantitative estimate of drug-likeness (QED) is 0.728. The van der Waals surface area contributed by atoms with Crippen molar-refractivity contribution in [1.29, 1.82) is 0 Å². The van der Waals surface area contributed by atoms with Crippen LogP contribution in [0.25, 0.3) is 0 Å². The predicted octanol–water partition coefficient (Wildman–Crippen LogP) is 2.10. The Balaban J connectivity index is 2.23. The van der Waals surface area contributed by atoms with Crippen LogP contribution in [0.1, 0.15) is 40.5 Å². The molecule has 1 fully saturated rings. The van der Waals surface area contributed by atoms with Gasteiger partial charge in [-0.05, 0) is 38.8 Å². The fourth-order valence-corrected chi connectivity index (χ4v) is 2.10. The van der Waals surface area contributed by atoms with Crippen molar-refractivity contribution in [2.24, 2.45) is 5.92 Å². The Hall–Kier alpha value is -0.0800. The molecular formula is C12H26N2. The Bertz CT molecular complexity index is 156. The zero-order chi connectivity index (χ0) is 10.6. The second-order valence-electron chi connectivity index (χ2n) is 4.87. The largest absolute Gasteiger partial charge is 0.312 e. The van der Waals surface area contributed by atoms with Gasteiger partial charge in [-0.2, -0.15) is 0 Å². The molecule has 1 N–H and O–H groups in total. The van der Waals surface area contributed by atoms with Crippen LogP contribution < -0.4 is 5.32 Å². The second-order valence-corrected chi connectivity index (χ2v) is 4.87. The maximum absolute atomic E-state index is 3.65. The van der Waals surface area contributed by atoms with Gasteiger partial charge in [-0.25, -0.2) is 0 Å². The van der Waals surface area contributed by atoms with Crippen LogP contribution in [0.3, 0.4) is 0 Å². The smallest absolute Gasteiger partial charge is 0.0221 e. The maximum Gasteiger partial charge on any atom is 0.0221 e. The van der Waals surface area contributed by atoms with Crippen LogP contribution >= 0.6 is 0 Å². The third-order valence-corrected chi connectivity index (χ3v) is 3.58. The van der Waals surface area contributed by atoms with Gasteiger partial charge in [0.15, 0.2) is 0 Å². The van der Waals surface area contributed by atoms with Crippen molar-refractivity contribution in [3.05, 3.63) is 0 Å². The molecule has 1 saturated heterocycles. The molecule has 0 aromatic carbocycles. The summed E-state index contributed by atoms with van der Waals surface area (Å²) in [7, 11) is 0. The van der Waals surface area contributed by atoms with E-state index in [9.17, 15) is 0 Å². The van der Waals surface area contributed by atoms with Crippen molar-refractivity contribution in [3.8, 4) is 0 Å². The summed E-state index contributed by atoms with van der Waals surface area (Å²) in [5.41, 5.74) is 0. The summed E-state index contributed by atoms with van der Waals surface area (Å²) in [5, 5.41) is 3.65. The zero-order valence-corrected chi connectivity index (χ0v) is 10.2. The standard InChI is InChI=1S/C12H26N2/c1-5-14-8-6-7-12(14)9-13-11(4)10(2)3/h10-13H,5-9H2,1-4H3/t11-,12+/m0/s1. The van der Waals surface area contributed by atoms with Gasteiger partial charge in [0.05, 0.1) is 0 Å². The van der Waals surface area contributed by atoms with E-state index in [0.29, 0.717) is 6.04 Å². The van der Waals surface area contributed by atoms with E-state index in [1.54, 1.807) is 0 Å². The van der Waals surface area contributed by atoms with Gasteiger partial charge in [-0.15, -0.1) is 0 Å². The van der Waals surface area contributed by atoms with E-state index in [4.69, 9.17) is 0 Å². The number of likely N-dealkylation sites (tertiary alicyclic amines) is 1. The molecule has 0 aromatic heterocycles. The van der Waals surface area contributed by atoms with Crippen molar-refractivity contribution >= 4 is 0 Å². The number of likely N-dealkylation sites (N-methyl/N-ethyl adjacent to an activating group) is 1. The van der Waals surface area contributed by atoms with Gasteiger partial charge in [0, 0.05) is 18.6 Å². The average molecular weight is 198 g/mol. The lowest BCUT2D eigenvalue weighted by Gasteiger charge is -2.26. The Morgan fingerprint density at radius 3 is 2.64 bits per heavy atom. The van der Waals surface area contributed by atoms with E-state index in [2.05, 4.69) is 37.9 Å². The summed E-state index contributed by atoms with van der Waals surface area (Å²) in [4.78, 5) is 2.60. The van der Waals surface area contributed by atoms with Gasteiger partial charge in [-0.1, -0.05) is 20.8 Å². The average Bonchev–Trinajstić information content (AvgIpc) is 2.60. The second kappa shape index (κ2) is 5.72. The predicted molar refractivity (Wildman–Crippen MR) is 62.6 cm³/mol. The first-order chi connectivity index (χ1) is 6.65. The molecule has 0 spiro atoms. The van der Waals surface area contributed by atoms with E-state index in [0.717, 1.165) is 12.0 Å².